The lowest BCUT2D eigenvalue weighted by Gasteiger charge is -2.10. The Bertz CT molecular complexity index is 699. The number of hydrogen-bond acceptors (Lipinski definition) is 5. The van der Waals surface area contributed by atoms with Crippen LogP contribution in [0.2, 0.25) is 0 Å². The molecule has 0 bridgehead atoms. The van der Waals surface area contributed by atoms with Crippen molar-refractivity contribution in [1.82, 2.24) is 4.98 Å². The number of rotatable bonds is 3. The largest absolute Gasteiger partial charge is 0.491 e. The molecule has 0 saturated carbocycles. The Morgan fingerprint density at radius 2 is 2.33 bits per heavy atom. The van der Waals surface area contributed by atoms with Crippen molar-refractivity contribution < 1.29 is 4.74 Å². The van der Waals surface area contributed by atoms with Crippen molar-refractivity contribution in [3.8, 4) is 5.75 Å². The van der Waals surface area contributed by atoms with Gasteiger partial charge in [-0.25, -0.2) is 4.98 Å². The fourth-order valence-electron chi connectivity index (χ4n) is 1.93. The highest BCUT2D eigenvalue weighted by Gasteiger charge is 2.12. The van der Waals surface area contributed by atoms with E-state index >= 15 is 0 Å². The van der Waals surface area contributed by atoms with Crippen LogP contribution in [0, 0.1) is 6.92 Å². The summed E-state index contributed by atoms with van der Waals surface area (Å²) in [6.07, 6.45) is 0. The van der Waals surface area contributed by atoms with E-state index in [0.717, 1.165) is 21.7 Å². The number of thiophene rings is 1. The Labute approximate surface area is 113 Å². The van der Waals surface area contributed by atoms with Crippen molar-refractivity contribution in [2.75, 3.05) is 6.61 Å². The number of hydrogen-bond donors (Lipinski definition) is 1. The van der Waals surface area contributed by atoms with E-state index in [9.17, 15) is 0 Å². The van der Waals surface area contributed by atoms with Gasteiger partial charge in [-0.15, -0.1) is 22.7 Å². The zero-order valence-electron chi connectivity index (χ0n) is 10.3. The molecule has 94 valence electrons. The first-order chi connectivity index (χ1) is 8.65. The first kappa shape index (κ1) is 11.9. The quantitative estimate of drug-likeness (QED) is 0.797. The molecule has 3 aromatic rings. The molecule has 0 spiro atoms. The maximum Gasteiger partial charge on any atom is 0.129 e. The Morgan fingerprint density at radius 3 is 3.11 bits per heavy atom. The molecule has 1 atom stereocenters. The van der Waals surface area contributed by atoms with Crippen molar-refractivity contribution in [2.45, 2.75) is 19.9 Å². The summed E-state index contributed by atoms with van der Waals surface area (Å²) in [5.74, 6) is 0.916. The molecule has 0 radical (unpaired) electrons. The molecule has 2 aromatic heterocycles. The average molecular weight is 278 g/mol. The second-order valence-corrected chi connectivity index (χ2v) is 6.56. The summed E-state index contributed by atoms with van der Waals surface area (Å²) in [6, 6.07) is 4.21. The molecule has 18 heavy (non-hydrogen) atoms. The standard InChI is InChI=1S/C13H14N2OS2/c1-7(14)6-16-10-5-11-12(15-8(2)18-11)13-9(10)3-4-17-13/h3-5,7H,6,14H2,1-2H3. The van der Waals surface area contributed by atoms with Gasteiger partial charge in [-0.3, -0.25) is 0 Å². The van der Waals surface area contributed by atoms with Crippen LogP contribution < -0.4 is 10.5 Å². The van der Waals surface area contributed by atoms with E-state index in [1.807, 2.05) is 13.8 Å². The van der Waals surface area contributed by atoms with E-state index in [1.165, 1.54) is 9.40 Å². The lowest BCUT2D eigenvalue weighted by molar-refractivity contribution is 0.300. The van der Waals surface area contributed by atoms with Crippen molar-refractivity contribution in [2.24, 2.45) is 5.73 Å². The van der Waals surface area contributed by atoms with Gasteiger partial charge in [0, 0.05) is 17.5 Å². The van der Waals surface area contributed by atoms with Crippen LogP contribution >= 0.6 is 22.7 Å². The molecule has 0 amide bonds. The van der Waals surface area contributed by atoms with E-state index in [2.05, 4.69) is 22.5 Å². The van der Waals surface area contributed by atoms with Gasteiger partial charge in [-0.1, -0.05) is 0 Å². The van der Waals surface area contributed by atoms with Crippen LogP contribution in [0.25, 0.3) is 20.3 Å². The highest BCUT2D eigenvalue weighted by atomic mass is 32.1. The molecule has 0 aliphatic heterocycles. The maximum absolute atomic E-state index is 5.82. The fourth-order valence-corrected chi connectivity index (χ4v) is 3.76. The van der Waals surface area contributed by atoms with Gasteiger partial charge in [0.05, 0.1) is 19.9 Å². The molecule has 0 fully saturated rings. The number of ether oxygens (including phenoxy) is 1. The van der Waals surface area contributed by atoms with Crippen LogP contribution in [0.3, 0.4) is 0 Å². The number of fused-ring (bicyclic) bond motifs is 3. The zero-order valence-corrected chi connectivity index (χ0v) is 11.9. The number of benzene rings is 1. The van der Waals surface area contributed by atoms with Gasteiger partial charge >= 0.3 is 0 Å². The smallest absolute Gasteiger partial charge is 0.129 e. The number of aryl methyl sites for hydroxylation is 1. The van der Waals surface area contributed by atoms with Crippen molar-refractivity contribution in [1.29, 1.82) is 0 Å². The minimum Gasteiger partial charge on any atom is -0.491 e. The van der Waals surface area contributed by atoms with Crippen molar-refractivity contribution >= 4 is 43.0 Å². The van der Waals surface area contributed by atoms with Crippen LogP contribution in [0.4, 0.5) is 0 Å². The fraction of sp³-hybridized carbons (Fsp3) is 0.308. The van der Waals surface area contributed by atoms with Gasteiger partial charge in [-0.2, -0.15) is 0 Å². The van der Waals surface area contributed by atoms with Gasteiger partial charge in [-0.05, 0) is 25.3 Å². The SMILES string of the molecule is Cc1nc2c(cc(OCC(C)N)c3ccsc32)s1. The van der Waals surface area contributed by atoms with Gasteiger partial charge in [0.15, 0.2) is 0 Å². The van der Waals surface area contributed by atoms with E-state index < -0.39 is 0 Å². The number of aromatic nitrogens is 1. The van der Waals surface area contributed by atoms with Crippen LogP contribution in [0.1, 0.15) is 11.9 Å². The number of thiazole rings is 1. The van der Waals surface area contributed by atoms with E-state index in [0.29, 0.717) is 6.61 Å². The Hall–Kier alpha value is -1.17. The summed E-state index contributed by atoms with van der Waals surface area (Å²) < 4.78 is 8.20. The normalized spacial score (nSPS) is 13.3. The monoisotopic (exact) mass is 278 g/mol. The van der Waals surface area contributed by atoms with Crippen LogP contribution in [0.5, 0.6) is 5.75 Å². The molecule has 1 aromatic carbocycles. The topological polar surface area (TPSA) is 48.1 Å². The molecule has 3 nitrogen and oxygen atoms in total. The minimum atomic E-state index is 0.0394. The second kappa shape index (κ2) is 4.50. The molecular formula is C13H14N2OS2. The average Bonchev–Trinajstić information content (AvgIpc) is 2.90. The van der Waals surface area contributed by atoms with Crippen LogP contribution in [0.15, 0.2) is 17.5 Å². The van der Waals surface area contributed by atoms with Crippen molar-refractivity contribution in [3.05, 3.63) is 22.5 Å². The summed E-state index contributed by atoms with van der Waals surface area (Å²) >= 11 is 3.41. The Kier molecular flexibility index (Phi) is 2.97. The summed E-state index contributed by atoms with van der Waals surface area (Å²) in [6.45, 7) is 4.51. The second-order valence-electron chi connectivity index (χ2n) is 4.41. The zero-order chi connectivity index (χ0) is 12.7. The Balaban J connectivity index is 2.18. The predicted molar refractivity (Wildman–Crippen MR) is 78.9 cm³/mol. The Morgan fingerprint density at radius 1 is 1.50 bits per heavy atom. The lowest BCUT2D eigenvalue weighted by Crippen LogP contribution is -2.23. The minimum absolute atomic E-state index is 0.0394. The molecule has 1 unspecified atom stereocenters. The predicted octanol–water partition coefficient (Wildman–Crippen LogP) is 3.55. The van der Waals surface area contributed by atoms with E-state index in [4.69, 9.17) is 10.5 Å². The van der Waals surface area contributed by atoms with Gasteiger partial charge in [0.1, 0.15) is 12.4 Å². The first-order valence-electron chi connectivity index (χ1n) is 5.81. The third-order valence-corrected chi connectivity index (χ3v) is 4.51. The third kappa shape index (κ3) is 1.98. The number of nitrogens with two attached hydrogens (primary N) is 1. The van der Waals surface area contributed by atoms with Crippen LogP contribution in [-0.2, 0) is 0 Å². The molecule has 0 aliphatic carbocycles. The van der Waals surface area contributed by atoms with Gasteiger partial charge < -0.3 is 10.5 Å². The maximum atomic E-state index is 5.82. The molecule has 0 aliphatic rings. The first-order valence-corrected chi connectivity index (χ1v) is 7.50. The van der Waals surface area contributed by atoms with Gasteiger partial charge in [0.25, 0.3) is 0 Å². The van der Waals surface area contributed by atoms with Gasteiger partial charge in [0.2, 0.25) is 0 Å². The summed E-state index contributed by atoms with van der Waals surface area (Å²) in [7, 11) is 0. The molecular weight excluding hydrogens is 264 g/mol. The highest BCUT2D eigenvalue weighted by molar-refractivity contribution is 7.21. The van der Waals surface area contributed by atoms with E-state index in [-0.39, 0.29) is 6.04 Å². The third-order valence-electron chi connectivity index (χ3n) is 2.67. The molecule has 2 heterocycles. The lowest BCUT2D eigenvalue weighted by atomic mass is 10.2. The molecule has 5 heteroatoms. The molecule has 2 N–H and O–H groups in total. The number of nitrogens with zero attached hydrogens (tertiary/aromatic N) is 1. The van der Waals surface area contributed by atoms with Crippen LogP contribution in [-0.4, -0.2) is 17.6 Å². The molecule has 0 saturated heterocycles. The summed E-state index contributed by atoms with van der Waals surface area (Å²) in [4.78, 5) is 4.60. The van der Waals surface area contributed by atoms with E-state index in [1.54, 1.807) is 22.7 Å². The molecule has 3 rings (SSSR count). The summed E-state index contributed by atoms with van der Waals surface area (Å²) in [5.41, 5.74) is 6.84. The highest BCUT2D eigenvalue weighted by Crippen LogP contribution is 2.38. The van der Waals surface area contributed by atoms with Crippen molar-refractivity contribution in [3.63, 3.8) is 0 Å². The summed E-state index contributed by atoms with van der Waals surface area (Å²) in [5, 5.41) is 4.31.